The molecule has 2 aromatic carbocycles. The molecular weight excluding hydrogens is 398 g/mol. The van der Waals surface area contributed by atoms with Crippen molar-refractivity contribution in [2.75, 3.05) is 0 Å². The Morgan fingerprint density at radius 3 is 2.25 bits per heavy atom. The summed E-state index contributed by atoms with van der Waals surface area (Å²) in [6, 6.07) is 16.6. The van der Waals surface area contributed by atoms with Gasteiger partial charge in [0.2, 0.25) is 5.82 Å². The topological polar surface area (TPSA) is 85.2 Å². The Morgan fingerprint density at radius 2 is 1.59 bits per heavy atom. The first-order chi connectivity index (χ1) is 15.6. The Hall–Kier alpha value is -3.87. The van der Waals surface area contributed by atoms with Crippen LogP contribution in [0.15, 0.2) is 48.5 Å². The van der Waals surface area contributed by atoms with E-state index in [1.165, 1.54) is 11.1 Å². The van der Waals surface area contributed by atoms with E-state index in [1.807, 2.05) is 18.2 Å². The van der Waals surface area contributed by atoms with Gasteiger partial charge in [-0.15, -0.1) is 10.2 Å². The van der Waals surface area contributed by atoms with Gasteiger partial charge in [0.1, 0.15) is 11.3 Å². The van der Waals surface area contributed by atoms with Crippen LogP contribution in [0.1, 0.15) is 36.5 Å². The molecule has 0 bridgehead atoms. The van der Waals surface area contributed by atoms with Crippen LogP contribution in [0.4, 0.5) is 0 Å². The van der Waals surface area contributed by atoms with Crippen LogP contribution >= 0.6 is 0 Å². The maximum absolute atomic E-state index is 5.00. The van der Waals surface area contributed by atoms with Gasteiger partial charge < -0.3 is 0 Å². The van der Waals surface area contributed by atoms with Crippen molar-refractivity contribution in [3.05, 3.63) is 71.2 Å². The molecule has 3 aromatic heterocycles. The van der Waals surface area contributed by atoms with Gasteiger partial charge >= 0.3 is 0 Å². The van der Waals surface area contributed by atoms with Crippen LogP contribution in [0.5, 0.6) is 0 Å². The number of benzene rings is 2. The molecule has 32 heavy (non-hydrogen) atoms. The molecule has 160 valence electrons. The number of H-pyrrole nitrogens is 1. The molecule has 0 saturated heterocycles. The minimum atomic E-state index is 0.584. The Balaban J connectivity index is 1.64. The molecule has 0 radical (unpaired) electrons. The fourth-order valence-electron chi connectivity index (χ4n) is 4.27. The largest absolute Gasteiger partial charge is 0.281 e. The predicted octanol–water partition coefficient (Wildman–Crippen LogP) is 5.01. The number of imidazole rings is 1. The number of aromatic nitrogens is 7. The first-order valence-electron chi connectivity index (χ1n) is 10.9. The summed E-state index contributed by atoms with van der Waals surface area (Å²) >= 11 is 0. The number of aryl methyl sites for hydroxylation is 3. The van der Waals surface area contributed by atoms with Crippen molar-refractivity contribution in [2.45, 2.75) is 40.5 Å². The van der Waals surface area contributed by atoms with Crippen LogP contribution in [-0.4, -0.2) is 35.2 Å². The Kier molecular flexibility index (Phi) is 5.01. The zero-order chi connectivity index (χ0) is 22.2. The lowest BCUT2D eigenvalue weighted by molar-refractivity contribution is 0.881. The lowest BCUT2D eigenvalue weighted by Crippen LogP contribution is -2.03. The van der Waals surface area contributed by atoms with E-state index in [9.17, 15) is 0 Å². The first kappa shape index (κ1) is 20.1. The highest BCUT2D eigenvalue weighted by atomic mass is 15.5. The van der Waals surface area contributed by atoms with Gasteiger partial charge in [-0.2, -0.15) is 5.21 Å². The summed E-state index contributed by atoms with van der Waals surface area (Å²) < 4.78 is 2.19. The molecule has 0 unspecified atom stereocenters. The van der Waals surface area contributed by atoms with Crippen molar-refractivity contribution in [3.63, 3.8) is 0 Å². The molecule has 5 rings (SSSR count). The number of rotatable bonds is 5. The highest BCUT2D eigenvalue weighted by Crippen LogP contribution is 2.31. The van der Waals surface area contributed by atoms with E-state index in [1.54, 1.807) is 0 Å². The van der Waals surface area contributed by atoms with Gasteiger partial charge in [-0.25, -0.2) is 9.97 Å². The maximum Gasteiger partial charge on any atom is 0.205 e. The number of fused-ring (bicyclic) bond motifs is 1. The Bertz CT molecular complexity index is 1400. The standard InChI is InChI=1S/C25H25N7/c1-5-21-15(3)16(4)23-25(26-21)32(22(6-2)27-23)18-13-11-17(12-14-18)19-9-7-8-10-20(19)24-28-30-31-29-24/h7-14H,5-6H2,1-4H3,(H,28,29,30,31). The number of hydrogen-bond donors (Lipinski definition) is 1. The Morgan fingerprint density at radius 1 is 0.844 bits per heavy atom. The van der Waals surface area contributed by atoms with Gasteiger partial charge in [-0.1, -0.05) is 50.2 Å². The van der Waals surface area contributed by atoms with Crippen molar-refractivity contribution in [1.29, 1.82) is 0 Å². The minimum absolute atomic E-state index is 0.584. The number of nitrogens with one attached hydrogen (secondary N) is 1. The molecule has 0 atom stereocenters. The van der Waals surface area contributed by atoms with Gasteiger partial charge in [0.05, 0.1) is 0 Å². The maximum atomic E-state index is 5.00. The molecule has 0 aliphatic rings. The summed E-state index contributed by atoms with van der Waals surface area (Å²) in [6.07, 6.45) is 1.74. The van der Waals surface area contributed by atoms with E-state index < -0.39 is 0 Å². The van der Waals surface area contributed by atoms with Crippen LogP contribution in [0, 0.1) is 13.8 Å². The molecular formula is C25H25N7. The van der Waals surface area contributed by atoms with Gasteiger partial charge in [-0.3, -0.25) is 4.57 Å². The smallest absolute Gasteiger partial charge is 0.205 e. The number of hydrogen-bond acceptors (Lipinski definition) is 5. The molecule has 7 nitrogen and oxygen atoms in total. The molecule has 0 aliphatic heterocycles. The normalized spacial score (nSPS) is 11.4. The number of aromatic amines is 1. The molecule has 5 aromatic rings. The summed E-state index contributed by atoms with van der Waals surface area (Å²) in [5.74, 6) is 1.60. The SMILES string of the molecule is CCc1nc2c(nc(CC)n2-c2ccc(-c3ccccc3-c3nn[nH]n3)cc2)c(C)c1C. The number of tetrazole rings is 1. The molecule has 3 heterocycles. The summed E-state index contributed by atoms with van der Waals surface area (Å²) in [5.41, 5.74) is 9.65. The number of nitrogens with zero attached hydrogens (tertiary/aromatic N) is 6. The van der Waals surface area contributed by atoms with Gasteiger partial charge in [0.15, 0.2) is 5.65 Å². The van der Waals surface area contributed by atoms with E-state index in [2.05, 4.69) is 83.2 Å². The summed E-state index contributed by atoms with van der Waals surface area (Å²) in [5, 5.41) is 14.5. The lowest BCUT2D eigenvalue weighted by atomic mass is 9.99. The second kappa shape index (κ2) is 8.00. The molecule has 0 fully saturated rings. The van der Waals surface area contributed by atoms with E-state index >= 15 is 0 Å². The Labute approximate surface area is 186 Å². The molecule has 0 amide bonds. The molecule has 1 N–H and O–H groups in total. The second-order valence-electron chi connectivity index (χ2n) is 7.88. The first-order valence-corrected chi connectivity index (χ1v) is 10.9. The second-order valence-corrected chi connectivity index (χ2v) is 7.88. The lowest BCUT2D eigenvalue weighted by Gasteiger charge is -2.12. The monoisotopic (exact) mass is 423 g/mol. The predicted molar refractivity (Wildman–Crippen MR) is 126 cm³/mol. The zero-order valence-electron chi connectivity index (χ0n) is 18.7. The van der Waals surface area contributed by atoms with Crippen LogP contribution in [-0.2, 0) is 12.8 Å². The minimum Gasteiger partial charge on any atom is -0.281 e. The van der Waals surface area contributed by atoms with Gasteiger partial charge in [0, 0.05) is 23.4 Å². The van der Waals surface area contributed by atoms with Crippen molar-refractivity contribution < 1.29 is 0 Å². The summed E-state index contributed by atoms with van der Waals surface area (Å²) in [6.45, 7) is 8.57. The summed E-state index contributed by atoms with van der Waals surface area (Å²) in [7, 11) is 0. The van der Waals surface area contributed by atoms with Crippen molar-refractivity contribution in [3.8, 4) is 28.2 Å². The quantitative estimate of drug-likeness (QED) is 0.429. The van der Waals surface area contributed by atoms with E-state index in [-0.39, 0.29) is 0 Å². The van der Waals surface area contributed by atoms with Crippen molar-refractivity contribution >= 4 is 11.2 Å². The van der Waals surface area contributed by atoms with E-state index in [0.29, 0.717) is 5.82 Å². The highest BCUT2D eigenvalue weighted by molar-refractivity contribution is 5.82. The van der Waals surface area contributed by atoms with Crippen LogP contribution in [0.2, 0.25) is 0 Å². The molecule has 7 heteroatoms. The highest BCUT2D eigenvalue weighted by Gasteiger charge is 2.18. The summed E-state index contributed by atoms with van der Waals surface area (Å²) in [4.78, 5) is 9.95. The fraction of sp³-hybridized carbons (Fsp3) is 0.240. The molecule has 0 saturated carbocycles. The third kappa shape index (κ3) is 3.17. The zero-order valence-corrected chi connectivity index (χ0v) is 18.7. The van der Waals surface area contributed by atoms with E-state index in [0.717, 1.165) is 57.9 Å². The van der Waals surface area contributed by atoms with Crippen LogP contribution < -0.4 is 0 Å². The fourth-order valence-corrected chi connectivity index (χ4v) is 4.27. The third-order valence-electron chi connectivity index (χ3n) is 6.11. The van der Waals surface area contributed by atoms with Crippen molar-refractivity contribution in [1.82, 2.24) is 35.2 Å². The van der Waals surface area contributed by atoms with Gasteiger partial charge in [0.25, 0.3) is 0 Å². The molecule has 0 aliphatic carbocycles. The van der Waals surface area contributed by atoms with E-state index in [4.69, 9.17) is 9.97 Å². The average Bonchev–Trinajstić information content (AvgIpc) is 3.50. The third-order valence-corrected chi connectivity index (χ3v) is 6.11. The average molecular weight is 424 g/mol. The number of pyridine rings is 1. The molecule has 0 spiro atoms. The van der Waals surface area contributed by atoms with Crippen molar-refractivity contribution in [2.24, 2.45) is 0 Å². The van der Waals surface area contributed by atoms with Gasteiger partial charge in [-0.05, 0) is 59.9 Å². The van der Waals surface area contributed by atoms with Crippen LogP contribution in [0.25, 0.3) is 39.4 Å². The van der Waals surface area contributed by atoms with Crippen LogP contribution in [0.3, 0.4) is 0 Å².